The second-order valence-corrected chi connectivity index (χ2v) is 6.20. The van der Waals surface area contributed by atoms with Crippen LogP contribution in [0.2, 0.25) is 0 Å². The molecule has 3 atom stereocenters. The molecule has 1 aromatic rings. The Bertz CT molecular complexity index is 414. The normalized spacial score (nSPS) is 24.8. The second-order valence-electron chi connectivity index (χ2n) is 5.34. The number of hydrogen-bond acceptors (Lipinski definition) is 1. The summed E-state index contributed by atoms with van der Waals surface area (Å²) in [7, 11) is 0. The molecule has 1 aromatic carbocycles. The summed E-state index contributed by atoms with van der Waals surface area (Å²) in [6, 6.07) is 4.44. The van der Waals surface area contributed by atoms with Crippen LogP contribution in [-0.2, 0) is 0 Å². The third-order valence-electron chi connectivity index (χ3n) is 3.89. The van der Waals surface area contributed by atoms with E-state index in [1.54, 1.807) is 0 Å². The lowest BCUT2D eigenvalue weighted by molar-refractivity contribution is 0.165. The van der Waals surface area contributed by atoms with E-state index in [1.165, 1.54) is 17.5 Å². The molecule has 0 amide bonds. The fraction of sp³-hybridized carbons (Fsp3) is 0.600. The van der Waals surface area contributed by atoms with Crippen molar-refractivity contribution in [2.24, 2.45) is 0 Å². The van der Waals surface area contributed by atoms with Crippen molar-refractivity contribution in [2.45, 2.75) is 58.0 Å². The molecule has 2 heteroatoms. The van der Waals surface area contributed by atoms with Gasteiger partial charge < -0.3 is 5.11 Å². The molecule has 0 saturated carbocycles. The van der Waals surface area contributed by atoms with Gasteiger partial charge in [0.2, 0.25) is 0 Å². The van der Waals surface area contributed by atoms with Crippen molar-refractivity contribution in [2.75, 3.05) is 0 Å². The number of halogens is 1. The smallest absolute Gasteiger partial charge is 0.0800 e. The molecule has 0 radical (unpaired) electrons. The van der Waals surface area contributed by atoms with Crippen LogP contribution in [0.1, 0.15) is 74.7 Å². The molecular weight excluding hydrogens is 276 g/mol. The zero-order valence-electron chi connectivity index (χ0n) is 10.8. The van der Waals surface area contributed by atoms with Crippen molar-refractivity contribution >= 4 is 15.9 Å². The van der Waals surface area contributed by atoms with E-state index in [-0.39, 0.29) is 6.10 Å². The van der Waals surface area contributed by atoms with Gasteiger partial charge in [0, 0.05) is 4.47 Å². The molecule has 2 rings (SSSR count). The van der Waals surface area contributed by atoms with E-state index in [2.05, 4.69) is 48.8 Å². The van der Waals surface area contributed by atoms with Crippen LogP contribution in [0, 0.1) is 0 Å². The molecule has 0 aromatic heterocycles. The van der Waals surface area contributed by atoms with Gasteiger partial charge in [-0.1, -0.05) is 49.2 Å². The minimum atomic E-state index is -0.331. The zero-order chi connectivity index (χ0) is 12.6. The molecule has 1 aliphatic rings. The van der Waals surface area contributed by atoms with Gasteiger partial charge in [-0.25, -0.2) is 0 Å². The molecule has 94 valence electrons. The fourth-order valence-corrected chi connectivity index (χ4v) is 3.57. The van der Waals surface area contributed by atoms with Gasteiger partial charge in [0.1, 0.15) is 0 Å². The maximum atomic E-state index is 10.2. The molecule has 0 aliphatic heterocycles. The van der Waals surface area contributed by atoms with Crippen LogP contribution in [0.15, 0.2) is 16.6 Å². The van der Waals surface area contributed by atoms with Crippen LogP contribution >= 0.6 is 15.9 Å². The predicted molar refractivity (Wildman–Crippen MR) is 75.5 cm³/mol. The average molecular weight is 297 g/mol. The van der Waals surface area contributed by atoms with Gasteiger partial charge in [-0.15, -0.1) is 0 Å². The summed E-state index contributed by atoms with van der Waals surface area (Å²) in [5.41, 5.74) is 3.95. The molecule has 0 heterocycles. The molecule has 1 N–H and O–H groups in total. The summed E-state index contributed by atoms with van der Waals surface area (Å²) >= 11 is 3.61. The Morgan fingerprint density at radius 2 is 1.88 bits per heavy atom. The van der Waals surface area contributed by atoms with Crippen molar-refractivity contribution in [3.8, 4) is 0 Å². The highest BCUT2D eigenvalue weighted by Gasteiger charge is 2.27. The number of aliphatic hydroxyl groups excluding tert-OH is 1. The summed E-state index contributed by atoms with van der Waals surface area (Å²) in [4.78, 5) is 0. The number of aliphatic hydroxyl groups is 1. The maximum absolute atomic E-state index is 10.2. The Kier molecular flexibility index (Phi) is 3.94. The van der Waals surface area contributed by atoms with Gasteiger partial charge in [0.25, 0.3) is 0 Å². The molecular formula is C15H21BrO. The standard InChI is InChI=1S/C15H21BrO/c1-4-5-15(17)13-7-11-9(2)6-10(3)12(11)8-14(13)16/h7-10,15,17H,4-6H2,1-3H3/t9-,10-,15?/m0/s1. The fourth-order valence-electron chi connectivity index (χ4n) is 2.95. The Hall–Kier alpha value is -0.340. The number of fused-ring (bicyclic) bond motifs is 1. The van der Waals surface area contributed by atoms with Gasteiger partial charge in [-0.05, 0) is 47.4 Å². The first kappa shape index (κ1) is 13.1. The Morgan fingerprint density at radius 1 is 1.29 bits per heavy atom. The molecule has 17 heavy (non-hydrogen) atoms. The summed E-state index contributed by atoms with van der Waals surface area (Å²) in [6.07, 6.45) is 2.75. The van der Waals surface area contributed by atoms with E-state index in [0.29, 0.717) is 11.8 Å². The first-order chi connectivity index (χ1) is 8.04. The molecule has 0 bridgehead atoms. The molecule has 1 unspecified atom stereocenters. The Balaban J connectivity index is 2.40. The number of benzene rings is 1. The van der Waals surface area contributed by atoms with E-state index >= 15 is 0 Å². The lowest BCUT2D eigenvalue weighted by atomic mass is 9.96. The highest BCUT2D eigenvalue weighted by atomic mass is 79.9. The lowest BCUT2D eigenvalue weighted by Gasteiger charge is -2.16. The summed E-state index contributed by atoms with van der Waals surface area (Å²) < 4.78 is 1.07. The largest absolute Gasteiger partial charge is 0.388 e. The highest BCUT2D eigenvalue weighted by molar-refractivity contribution is 9.10. The van der Waals surface area contributed by atoms with E-state index < -0.39 is 0 Å². The molecule has 1 aliphatic carbocycles. The van der Waals surface area contributed by atoms with Crippen molar-refractivity contribution < 1.29 is 5.11 Å². The van der Waals surface area contributed by atoms with Crippen LogP contribution in [0.4, 0.5) is 0 Å². The summed E-state index contributed by atoms with van der Waals surface area (Å²) in [6.45, 7) is 6.68. The van der Waals surface area contributed by atoms with Crippen molar-refractivity contribution in [1.29, 1.82) is 0 Å². The minimum Gasteiger partial charge on any atom is -0.388 e. The Morgan fingerprint density at radius 3 is 2.47 bits per heavy atom. The average Bonchev–Trinajstić information content (AvgIpc) is 2.53. The molecule has 0 spiro atoms. The van der Waals surface area contributed by atoms with Crippen LogP contribution in [0.25, 0.3) is 0 Å². The van der Waals surface area contributed by atoms with Crippen molar-refractivity contribution in [1.82, 2.24) is 0 Å². The first-order valence-electron chi connectivity index (χ1n) is 6.55. The maximum Gasteiger partial charge on any atom is 0.0800 e. The van der Waals surface area contributed by atoms with E-state index in [1.807, 2.05) is 0 Å². The summed E-state index contributed by atoms with van der Waals surface area (Å²) in [5.74, 6) is 1.27. The van der Waals surface area contributed by atoms with Crippen LogP contribution in [0.3, 0.4) is 0 Å². The van der Waals surface area contributed by atoms with E-state index in [0.717, 1.165) is 22.9 Å². The molecule has 0 saturated heterocycles. The van der Waals surface area contributed by atoms with Gasteiger partial charge >= 0.3 is 0 Å². The minimum absolute atomic E-state index is 0.331. The third kappa shape index (κ3) is 2.43. The highest BCUT2D eigenvalue weighted by Crippen LogP contribution is 2.44. The van der Waals surface area contributed by atoms with Crippen LogP contribution in [-0.4, -0.2) is 5.11 Å². The SMILES string of the molecule is CCCC(O)c1cc2c(cc1Br)[C@@H](C)C[C@@H]2C. The van der Waals surface area contributed by atoms with Gasteiger partial charge in [0.15, 0.2) is 0 Å². The zero-order valence-corrected chi connectivity index (χ0v) is 12.4. The monoisotopic (exact) mass is 296 g/mol. The number of hydrogen-bond donors (Lipinski definition) is 1. The predicted octanol–water partition coefficient (Wildman–Crippen LogP) is 4.89. The van der Waals surface area contributed by atoms with Crippen LogP contribution in [0.5, 0.6) is 0 Å². The topological polar surface area (TPSA) is 20.2 Å². The lowest BCUT2D eigenvalue weighted by Crippen LogP contribution is -2.00. The van der Waals surface area contributed by atoms with E-state index in [4.69, 9.17) is 0 Å². The van der Waals surface area contributed by atoms with Crippen molar-refractivity contribution in [3.05, 3.63) is 33.3 Å². The molecule has 0 fully saturated rings. The molecule has 1 nitrogen and oxygen atoms in total. The van der Waals surface area contributed by atoms with Crippen LogP contribution < -0.4 is 0 Å². The first-order valence-corrected chi connectivity index (χ1v) is 7.35. The number of rotatable bonds is 3. The second kappa shape index (κ2) is 5.11. The van der Waals surface area contributed by atoms with Gasteiger partial charge in [0.05, 0.1) is 6.10 Å². The van der Waals surface area contributed by atoms with Gasteiger partial charge in [-0.3, -0.25) is 0 Å². The Labute approximate surface area is 112 Å². The van der Waals surface area contributed by atoms with Crippen molar-refractivity contribution in [3.63, 3.8) is 0 Å². The van der Waals surface area contributed by atoms with Gasteiger partial charge in [-0.2, -0.15) is 0 Å². The summed E-state index contributed by atoms with van der Waals surface area (Å²) in [5, 5.41) is 10.2. The van der Waals surface area contributed by atoms with E-state index in [9.17, 15) is 5.11 Å². The third-order valence-corrected chi connectivity index (χ3v) is 4.58. The quantitative estimate of drug-likeness (QED) is 0.842.